The fourth-order valence-corrected chi connectivity index (χ4v) is 1.70. The van der Waals surface area contributed by atoms with Gasteiger partial charge in [0.2, 0.25) is 0 Å². The van der Waals surface area contributed by atoms with E-state index in [1.807, 2.05) is 12.1 Å². The second kappa shape index (κ2) is 6.20. The van der Waals surface area contributed by atoms with Crippen molar-refractivity contribution in [3.05, 3.63) is 34.3 Å². The van der Waals surface area contributed by atoms with Gasteiger partial charge in [-0.3, -0.25) is 0 Å². The highest BCUT2D eigenvalue weighted by Gasteiger charge is 2.04. The van der Waals surface area contributed by atoms with Gasteiger partial charge in [-0.2, -0.15) is 0 Å². The van der Waals surface area contributed by atoms with E-state index in [1.165, 1.54) is 5.56 Å². The molecule has 0 heterocycles. The fourth-order valence-electron chi connectivity index (χ4n) is 1.43. The summed E-state index contributed by atoms with van der Waals surface area (Å²) in [6.45, 7) is 2.15. The summed E-state index contributed by atoms with van der Waals surface area (Å²) in [5.74, 6) is 0. The predicted molar refractivity (Wildman–Crippen MR) is 63.4 cm³/mol. The third kappa shape index (κ3) is 4.25. The lowest BCUT2D eigenvalue weighted by molar-refractivity contribution is 0.162. The Morgan fingerprint density at radius 3 is 2.50 bits per heavy atom. The van der Waals surface area contributed by atoms with E-state index in [0.717, 1.165) is 30.2 Å². The average molecular weight is 257 g/mol. The molecule has 1 aromatic carbocycles. The summed E-state index contributed by atoms with van der Waals surface area (Å²) in [5.41, 5.74) is 1.21. The molecule has 0 amide bonds. The van der Waals surface area contributed by atoms with Crippen LogP contribution in [0.1, 0.15) is 31.7 Å². The Balaban J connectivity index is 2.39. The van der Waals surface area contributed by atoms with Crippen LogP contribution < -0.4 is 0 Å². The van der Waals surface area contributed by atoms with Crippen LogP contribution in [0.4, 0.5) is 0 Å². The van der Waals surface area contributed by atoms with Crippen molar-refractivity contribution in [2.24, 2.45) is 0 Å². The Morgan fingerprint density at radius 2 is 1.93 bits per heavy atom. The van der Waals surface area contributed by atoms with Crippen molar-refractivity contribution in [2.45, 2.75) is 38.7 Å². The van der Waals surface area contributed by atoms with Crippen molar-refractivity contribution in [1.82, 2.24) is 0 Å². The Bertz CT molecular complexity index is 256. The first-order chi connectivity index (χ1) is 6.72. The molecule has 0 radical (unpaired) electrons. The molecule has 1 N–H and O–H groups in total. The fraction of sp³-hybridized carbons (Fsp3) is 0.500. The molecule has 1 rings (SSSR count). The molecule has 1 atom stereocenters. The lowest BCUT2D eigenvalue weighted by Gasteiger charge is -2.09. The molecule has 0 aliphatic carbocycles. The summed E-state index contributed by atoms with van der Waals surface area (Å²) in [5, 5.41) is 9.69. The minimum absolute atomic E-state index is 0.184. The summed E-state index contributed by atoms with van der Waals surface area (Å²) in [4.78, 5) is 0. The highest BCUT2D eigenvalue weighted by atomic mass is 79.9. The summed E-state index contributed by atoms with van der Waals surface area (Å²) in [7, 11) is 0. The molecule has 1 nitrogen and oxygen atoms in total. The van der Waals surface area contributed by atoms with Crippen LogP contribution in [-0.4, -0.2) is 11.2 Å². The van der Waals surface area contributed by atoms with Gasteiger partial charge in [-0.25, -0.2) is 0 Å². The number of unbranched alkanes of at least 4 members (excludes halogenated alkanes) is 1. The topological polar surface area (TPSA) is 20.2 Å². The second-order valence-electron chi connectivity index (χ2n) is 3.63. The molecule has 1 unspecified atom stereocenters. The third-order valence-corrected chi connectivity index (χ3v) is 2.80. The first-order valence-electron chi connectivity index (χ1n) is 5.15. The van der Waals surface area contributed by atoms with E-state index in [2.05, 4.69) is 35.0 Å². The van der Waals surface area contributed by atoms with Crippen LogP contribution in [0.5, 0.6) is 0 Å². The summed E-state index contributed by atoms with van der Waals surface area (Å²) in [6, 6.07) is 8.14. The van der Waals surface area contributed by atoms with Crippen LogP contribution >= 0.6 is 15.9 Å². The van der Waals surface area contributed by atoms with Crippen molar-refractivity contribution >= 4 is 15.9 Å². The molecular weight excluding hydrogens is 240 g/mol. The first kappa shape index (κ1) is 11.7. The van der Waals surface area contributed by atoms with Gasteiger partial charge in [0, 0.05) is 4.47 Å². The zero-order chi connectivity index (χ0) is 10.4. The lowest BCUT2D eigenvalue weighted by Crippen LogP contribution is -2.09. The molecule has 0 bridgehead atoms. The molecule has 0 fully saturated rings. The van der Waals surface area contributed by atoms with Gasteiger partial charge in [0.25, 0.3) is 0 Å². The van der Waals surface area contributed by atoms with E-state index in [1.54, 1.807) is 0 Å². The van der Waals surface area contributed by atoms with Crippen LogP contribution in [0, 0.1) is 0 Å². The number of halogens is 1. The number of rotatable bonds is 5. The van der Waals surface area contributed by atoms with Gasteiger partial charge in [0.05, 0.1) is 6.10 Å². The van der Waals surface area contributed by atoms with Crippen molar-refractivity contribution in [3.63, 3.8) is 0 Å². The molecule has 2 heteroatoms. The van der Waals surface area contributed by atoms with Crippen LogP contribution in [-0.2, 0) is 6.42 Å². The van der Waals surface area contributed by atoms with Crippen molar-refractivity contribution in [1.29, 1.82) is 0 Å². The maximum absolute atomic E-state index is 9.69. The number of hydrogen-bond acceptors (Lipinski definition) is 1. The monoisotopic (exact) mass is 256 g/mol. The number of hydrogen-bond donors (Lipinski definition) is 1. The first-order valence-corrected chi connectivity index (χ1v) is 5.94. The van der Waals surface area contributed by atoms with Gasteiger partial charge < -0.3 is 5.11 Å². The van der Waals surface area contributed by atoms with Crippen molar-refractivity contribution < 1.29 is 5.11 Å². The highest BCUT2D eigenvalue weighted by molar-refractivity contribution is 9.10. The van der Waals surface area contributed by atoms with Crippen molar-refractivity contribution in [3.8, 4) is 0 Å². The van der Waals surface area contributed by atoms with E-state index in [-0.39, 0.29) is 6.10 Å². The second-order valence-corrected chi connectivity index (χ2v) is 4.54. The number of aliphatic hydroxyl groups is 1. The summed E-state index contributed by atoms with van der Waals surface area (Å²) >= 11 is 3.39. The molecule has 0 saturated carbocycles. The maximum atomic E-state index is 9.69. The maximum Gasteiger partial charge on any atom is 0.0580 e. The van der Waals surface area contributed by atoms with E-state index < -0.39 is 0 Å². The Labute approximate surface area is 94.3 Å². The Hall–Kier alpha value is -0.340. The number of aliphatic hydroxyl groups excluding tert-OH is 1. The molecule has 0 spiro atoms. The minimum atomic E-state index is -0.184. The van der Waals surface area contributed by atoms with Gasteiger partial charge in [0.15, 0.2) is 0 Å². The summed E-state index contributed by atoms with van der Waals surface area (Å²) in [6.07, 6.45) is 3.76. The van der Waals surface area contributed by atoms with Crippen molar-refractivity contribution in [2.75, 3.05) is 0 Å². The van der Waals surface area contributed by atoms with Crippen LogP contribution in [0.25, 0.3) is 0 Å². The van der Waals surface area contributed by atoms with Gasteiger partial charge in [-0.05, 0) is 30.5 Å². The Morgan fingerprint density at radius 1 is 1.29 bits per heavy atom. The quantitative estimate of drug-likeness (QED) is 0.855. The van der Waals surface area contributed by atoms with E-state index in [9.17, 15) is 5.11 Å². The van der Waals surface area contributed by atoms with Gasteiger partial charge in [-0.15, -0.1) is 0 Å². The molecule has 1 aromatic rings. The molecule has 0 aromatic heterocycles. The largest absolute Gasteiger partial charge is 0.393 e. The third-order valence-electron chi connectivity index (χ3n) is 2.28. The van der Waals surface area contributed by atoms with Gasteiger partial charge in [0.1, 0.15) is 0 Å². The molecule has 0 saturated heterocycles. The average Bonchev–Trinajstić information content (AvgIpc) is 2.18. The highest BCUT2D eigenvalue weighted by Crippen LogP contribution is 2.13. The van der Waals surface area contributed by atoms with E-state index in [0.29, 0.717) is 0 Å². The normalized spacial score (nSPS) is 12.8. The molecule has 0 aliphatic heterocycles. The van der Waals surface area contributed by atoms with E-state index >= 15 is 0 Å². The van der Waals surface area contributed by atoms with Crippen LogP contribution in [0.2, 0.25) is 0 Å². The van der Waals surface area contributed by atoms with Gasteiger partial charge in [-0.1, -0.05) is 47.8 Å². The van der Waals surface area contributed by atoms with Crippen LogP contribution in [0.15, 0.2) is 28.7 Å². The Kier molecular flexibility index (Phi) is 5.20. The zero-order valence-corrected chi connectivity index (χ0v) is 10.1. The SMILES string of the molecule is CCCCC(O)Cc1ccc(Br)cc1. The molecular formula is C12H17BrO. The number of benzene rings is 1. The molecule has 78 valence electrons. The smallest absolute Gasteiger partial charge is 0.0580 e. The van der Waals surface area contributed by atoms with Crippen LogP contribution in [0.3, 0.4) is 0 Å². The lowest BCUT2D eigenvalue weighted by atomic mass is 10.0. The minimum Gasteiger partial charge on any atom is -0.393 e. The van der Waals surface area contributed by atoms with E-state index in [4.69, 9.17) is 0 Å². The zero-order valence-electron chi connectivity index (χ0n) is 8.54. The molecule has 0 aliphatic rings. The van der Waals surface area contributed by atoms with Gasteiger partial charge >= 0.3 is 0 Å². The summed E-state index contributed by atoms with van der Waals surface area (Å²) < 4.78 is 1.09. The standard InChI is InChI=1S/C12H17BrO/c1-2-3-4-12(14)9-10-5-7-11(13)8-6-10/h5-8,12,14H,2-4,9H2,1H3. The molecule has 14 heavy (non-hydrogen) atoms. The predicted octanol–water partition coefficient (Wildman–Crippen LogP) is 3.54.